The van der Waals surface area contributed by atoms with Crippen LogP contribution in [-0.2, 0) is 16.1 Å². The van der Waals surface area contributed by atoms with Crippen molar-refractivity contribution in [1.82, 2.24) is 10.6 Å². The maximum Gasteiger partial charge on any atom is 0.408 e. The van der Waals surface area contributed by atoms with E-state index in [9.17, 15) is 14.7 Å². The number of hydrogen-bond donors (Lipinski definition) is 3. The molecule has 0 radical (unpaired) electrons. The topological polar surface area (TPSA) is 87.7 Å². The highest BCUT2D eigenvalue weighted by molar-refractivity contribution is 5.85. The lowest BCUT2D eigenvalue weighted by atomic mass is 10.0. The van der Waals surface area contributed by atoms with Crippen LogP contribution in [0.15, 0.2) is 30.3 Å². The molecule has 2 rings (SSSR count). The summed E-state index contributed by atoms with van der Waals surface area (Å²) < 4.78 is 5.20. The van der Waals surface area contributed by atoms with E-state index in [1.54, 1.807) is 0 Å². The highest BCUT2D eigenvalue weighted by Gasteiger charge is 2.30. The summed E-state index contributed by atoms with van der Waals surface area (Å²) in [5.74, 6) is -0.0324. The van der Waals surface area contributed by atoms with E-state index in [0.29, 0.717) is 12.8 Å². The summed E-state index contributed by atoms with van der Waals surface area (Å²) in [6.07, 6.45) is 1.75. The largest absolute Gasteiger partial charge is 0.445 e. The molecule has 2 unspecified atom stereocenters. The van der Waals surface area contributed by atoms with Crippen molar-refractivity contribution in [3.05, 3.63) is 35.9 Å². The molecule has 6 nitrogen and oxygen atoms in total. The summed E-state index contributed by atoms with van der Waals surface area (Å²) >= 11 is 0. The Bertz CT molecular complexity index is 562. The molecular formula is C19H28N2O4. The van der Waals surface area contributed by atoms with Crippen molar-refractivity contribution in [2.75, 3.05) is 0 Å². The van der Waals surface area contributed by atoms with E-state index in [-0.39, 0.29) is 24.5 Å². The van der Waals surface area contributed by atoms with E-state index < -0.39 is 18.2 Å². The first-order valence-corrected chi connectivity index (χ1v) is 8.91. The zero-order valence-corrected chi connectivity index (χ0v) is 14.9. The van der Waals surface area contributed by atoms with Crippen LogP contribution < -0.4 is 10.6 Å². The van der Waals surface area contributed by atoms with E-state index >= 15 is 0 Å². The van der Waals surface area contributed by atoms with E-state index in [2.05, 4.69) is 10.6 Å². The Morgan fingerprint density at radius 3 is 2.56 bits per heavy atom. The molecule has 1 aliphatic rings. The summed E-state index contributed by atoms with van der Waals surface area (Å²) in [5, 5.41) is 15.4. The van der Waals surface area contributed by atoms with Crippen molar-refractivity contribution in [2.24, 2.45) is 5.92 Å². The van der Waals surface area contributed by atoms with Crippen molar-refractivity contribution in [3.63, 3.8) is 0 Å². The molecule has 0 aliphatic heterocycles. The van der Waals surface area contributed by atoms with Crippen LogP contribution in [0.4, 0.5) is 4.79 Å². The molecule has 3 N–H and O–H groups in total. The van der Waals surface area contributed by atoms with Crippen LogP contribution in [0.2, 0.25) is 0 Å². The quantitative estimate of drug-likeness (QED) is 0.706. The number of alkyl carbamates (subject to hydrolysis) is 1. The van der Waals surface area contributed by atoms with Crippen LogP contribution in [-0.4, -0.2) is 35.3 Å². The highest BCUT2D eigenvalue weighted by atomic mass is 16.5. The summed E-state index contributed by atoms with van der Waals surface area (Å²) in [4.78, 5) is 24.5. The van der Waals surface area contributed by atoms with Gasteiger partial charge in [-0.25, -0.2) is 4.79 Å². The standard InChI is InChI=1S/C19H28N2O4/c1-13(2)11-16(18(23)20-15-9-6-10-17(15)22)21-19(24)25-12-14-7-4-3-5-8-14/h3-5,7-8,13,15-17,22H,6,9-12H2,1-2H3,(H,20,23)(H,21,24)/t15?,16-,17?/m0/s1. The molecule has 1 fully saturated rings. The molecule has 25 heavy (non-hydrogen) atoms. The van der Waals surface area contributed by atoms with Gasteiger partial charge in [0, 0.05) is 0 Å². The number of carbonyl (C=O) groups is 2. The lowest BCUT2D eigenvalue weighted by Gasteiger charge is -2.23. The Kier molecular flexibility index (Phi) is 7.25. The molecule has 1 aromatic carbocycles. The second-order valence-electron chi connectivity index (χ2n) is 7.00. The van der Waals surface area contributed by atoms with E-state index in [1.807, 2.05) is 44.2 Å². The van der Waals surface area contributed by atoms with Gasteiger partial charge in [0.25, 0.3) is 0 Å². The minimum Gasteiger partial charge on any atom is -0.445 e. The van der Waals surface area contributed by atoms with Gasteiger partial charge in [-0.2, -0.15) is 0 Å². The predicted molar refractivity (Wildman–Crippen MR) is 94.8 cm³/mol. The first-order chi connectivity index (χ1) is 12.0. The van der Waals surface area contributed by atoms with Crippen LogP contribution in [0.5, 0.6) is 0 Å². The Balaban J connectivity index is 1.87. The van der Waals surface area contributed by atoms with Crippen molar-refractivity contribution in [3.8, 4) is 0 Å². The number of amides is 2. The SMILES string of the molecule is CC(C)C[C@H](NC(=O)OCc1ccccc1)C(=O)NC1CCCC1O. The number of ether oxygens (including phenoxy) is 1. The summed E-state index contributed by atoms with van der Waals surface area (Å²) in [6.45, 7) is 4.13. The third kappa shape index (κ3) is 6.38. The average Bonchev–Trinajstić information content (AvgIpc) is 2.98. The van der Waals surface area contributed by atoms with Gasteiger partial charge in [-0.15, -0.1) is 0 Å². The number of benzene rings is 1. The summed E-state index contributed by atoms with van der Waals surface area (Å²) in [7, 11) is 0. The molecule has 3 atom stereocenters. The Hall–Kier alpha value is -2.08. The highest BCUT2D eigenvalue weighted by Crippen LogP contribution is 2.19. The summed E-state index contributed by atoms with van der Waals surface area (Å²) in [5.41, 5.74) is 0.886. The Morgan fingerprint density at radius 1 is 1.24 bits per heavy atom. The Morgan fingerprint density at radius 2 is 1.96 bits per heavy atom. The molecule has 0 heterocycles. The second kappa shape index (κ2) is 9.42. The smallest absolute Gasteiger partial charge is 0.408 e. The van der Waals surface area contributed by atoms with Gasteiger partial charge in [0.15, 0.2) is 0 Å². The number of rotatable bonds is 7. The Labute approximate surface area is 149 Å². The predicted octanol–water partition coefficient (Wildman–Crippen LogP) is 2.36. The molecule has 0 saturated heterocycles. The fourth-order valence-corrected chi connectivity index (χ4v) is 3.00. The zero-order chi connectivity index (χ0) is 18.2. The van der Waals surface area contributed by atoms with E-state index in [1.165, 1.54) is 0 Å². The second-order valence-corrected chi connectivity index (χ2v) is 7.00. The summed E-state index contributed by atoms with van der Waals surface area (Å²) in [6, 6.07) is 8.47. The monoisotopic (exact) mass is 348 g/mol. The minimum absolute atomic E-state index is 0.157. The maximum atomic E-state index is 12.5. The van der Waals surface area contributed by atoms with E-state index in [0.717, 1.165) is 18.4 Å². The van der Waals surface area contributed by atoms with Crippen molar-refractivity contribution < 1.29 is 19.4 Å². The van der Waals surface area contributed by atoms with Gasteiger partial charge < -0.3 is 20.5 Å². The molecule has 1 aliphatic carbocycles. The fraction of sp³-hybridized carbons (Fsp3) is 0.579. The number of carbonyl (C=O) groups excluding carboxylic acids is 2. The van der Waals surface area contributed by atoms with Crippen molar-refractivity contribution in [2.45, 2.75) is 64.3 Å². The van der Waals surface area contributed by atoms with Gasteiger partial charge in [-0.3, -0.25) is 4.79 Å². The average molecular weight is 348 g/mol. The fourth-order valence-electron chi connectivity index (χ4n) is 3.00. The molecule has 6 heteroatoms. The van der Waals surface area contributed by atoms with Gasteiger partial charge in [0.1, 0.15) is 12.6 Å². The lowest BCUT2D eigenvalue weighted by molar-refractivity contribution is -0.124. The van der Waals surface area contributed by atoms with Gasteiger partial charge in [-0.1, -0.05) is 44.2 Å². The third-order valence-corrected chi connectivity index (χ3v) is 4.34. The number of aliphatic hydroxyl groups excluding tert-OH is 1. The lowest BCUT2D eigenvalue weighted by Crippen LogP contribution is -2.51. The molecule has 138 valence electrons. The molecule has 2 amide bonds. The molecule has 0 aromatic heterocycles. The number of aliphatic hydroxyl groups is 1. The van der Waals surface area contributed by atoms with Crippen molar-refractivity contribution >= 4 is 12.0 Å². The van der Waals surface area contributed by atoms with Crippen LogP contribution >= 0.6 is 0 Å². The molecule has 0 spiro atoms. The van der Waals surface area contributed by atoms with Crippen molar-refractivity contribution in [1.29, 1.82) is 0 Å². The molecule has 1 aromatic rings. The molecule has 1 saturated carbocycles. The van der Waals surface area contributed by atoms with Gasteiger partial charge >= 0.3 is 6.09 Å². The van der Waals surface area contributed by atoms with E-state index in [4.69, 9.17) is 4.74 Å². The molecule has 0 bridgehead atoms. The van der Waals surface area contributed by atoms with Crippen LogP contribution in [0.1, 0.15) is 45.1 Å². The van der Waals surface area contributed by atoms with Gasteiger partial charge in [0.2, 0.25) is 5.91 Å². The maximum absolute atomic E-state index is 12.5. The first-order valence-electron chi connectivity index (χ1n) is 8.91. The number of nitrogens with one attached hydrogen (secondary N) is 2. The number of hydrogen-bond acceptors (Lipinski definition) is 4. The molecular weight excluding hydrogens is 320 g/mol. The van der Waals surface area contributed by atoms with Crippen LogP contribution in [0.3, 0.4) is 0 Å². The van der Waals surface area contributed by atoms with Crippen LogP contribution in [0.25, 0.3) is 0 Å². The van der Waals surface area contributed by atoms with Gasteiger partial charge in [-0.05, 0) is 37.2 Å². The van der Waals surface area contributed by atoms with Crippen LogP contribution in [0, 0.1) is 5.92 Å². The first kappa shape index (κ1) is 19.2. The van der Waals surface area contributed by atoms with Gasteiger partial charge in [0.05, 0.1) is 12.1 Å². The minimum atomic E-state index is -0.670. The third-order valence-electron chi connectivity index (χ3n) is 4.34. The normalized spacial score (nSPS) is 21.0. The zero-order valence-electron chi connectivity index (χ0n) is 14.9.